The average Bonchev–Trinajstić information content (AvgIpc) is 3.10. The number of aromatic nitrogens is 2. The molecule has 8 heteroatoms. The molecule has 7 nitrogen and oxygen atoms in total. The summed E-state index contributed by atoms with van der Waals surface area (Å²) in [5, 5.41) is 9.53. The van der Waals surface area contributed by atoms with Crippen molar-refractivity contribution >= 4 is 17.4 Å². The minimum atomic E-state index is -0.438. The average molecular weight is 368 g/mol. The maximum Gasteiger partial charge on any atom is 0.323 e. The molecule has 0 saturated heterocycles. The van der Waals surface area contributed by atoms with E-state index in [2.05, 4.69) is 15.7 Å². The summed E-state index contributed by atoms with van der Waals surface area (Å²) in [6.07, 6.45) is 3.07. The molecular weight excluding hydrogens is 351 g/mol. The lowest BCUT2D eigenvalue weighted by atomic mass is 10.2. The van der Waals surface area contributed by atoms with E-state index in [1.165, 1.54) is 24.3 Å². The molecule has 0 fully saturated rings. The molecule has 0 saturated carbocycles. The molecule has 1 aromatic heterocycles. The van der Waals surface area contributed by atoms with Crippen LogP contribution >= 0.6 is 0 Å². The number of anilines is 2. The topological polar surface area (TPSA) is 77.4 Å². The summed E-state index contributed by atoms with van der Waals surface area (Å²) in [6.45, 7) is 0.903. The molecule has 4 rings (SSSR count). The van der Waals surface area contributed by atoms with Crippen LogP contribution in [0, 0.1) is 5.82 Å². The number of amides is 2. The van der Waals surface area contributed by atoms with E-state index in [0.717, 1.165) is 5.75 Å². The summed E-state index contributed by atoms with van der Waals surface area (Å²) in [7, 11) is 0. The van der Waals surface area contributed by atoms with Crippen LogP contribution in [-0.4, -0.2) is 28.5 Å². The van der Waals surface area contributed by atoms with Crippen molar-refractivity contribution in [2.75, 3.05) is 17.2 Å². The second-order valence-electron chi connectivity index (χ2n) is 6.03. The number of fused-ring (bicyclic) bond motifs is 1. The van der Waals surface area contributed by atoms with Crippen LogP contribution in [0.3, 0.4) is 0 Å². The monoisotopic (exact) mass is 368 g/mol. The summed E-state index contributed by atoms with van der Waals surface area (Å²) < 4.78 is 26.1. The van der Waals surface area contributed by atoms with Crippen LogP contribution in [0.5, 0.6) is 11.5 Å². The van der Waals surface area contributed by atoms with Crippen LogP contribution in [0.1, 0.15) is 0 Å². The number of benzene rings is 2. The van der Waals surface area contributed by atoms with Gasteiger partial charge in [0.15, 0.2) is 17.6 Å². The fourth-order valence-corrected chi connectivity index (χ4v) is 2.72. The quantitative estimate of drug-likeness (QED) is 0.739. The first kappa shape index (κ1) is 16.9. The molecular formula is C19H17FN4O3. The first-order valence-corrected chi connectivity index (χ1v) is 8.40. The molecule has 1 atom stereocenters. The number of nitrogens with one attached hydrogen (secondary N) is 2. The van der Waals surface area contributed by atoms with E-state index in [0.29, 0.717) is 30.3 Å². The van der Waals surface area contributed by atoms with Crippen molar-refractivity contribution in [3.63, 3.8) is 0 Å². The zero-order chi connectivity index (χ0) is 18.6. The van der Waals surface area contributed by atoms with Crippen LogP contribution in [0.2, 0.25) is 0 Å². The molecule has 1 unspecified atom stereocenters. The Balaban J connectivity index is 1.32. The number of halogens is 1. The summed E-state index contributed by atoms with van der Waals surface area (Å²) in [5.74, 6) is 1.07. The Kier molecular flexibility index (Phi) is 4.61. The van der Waals surface area contributed by atoms with Crippen molar-refractivity contribution in [1.29, 1.82) is 0 Å². The van der Waals surface area contributed by atoms with Crippen LogP contribution in [-0.2, 0) is 6.54 Å². The molecule has 2 N–H and O–H groups in total. The molecule has 138 valence electrons. The Bertz CT molecular complexity index is 942. The minimum Gasteiger partial charge on any atom is -0.486 e. The number of rotatable bonds is 4. The van der Waals surface area contributed by atoms with Gasteiger partial charge < -0.3 is 20.1 Å². The smallest absolute Gasteiger partial charge is 0.323 e. The first-order chi connectivity index (χ1) is 13.2. The van der Waals surface area contributed by atoms with Crippen LogP contribution in [0.4, 0.5) is 20.6 Å². The summed E-state index contributed by atoms with van der Waals surface area (Å²) in [5.41, 5.74) is 1.03. The van der Waals surface area contributed by atoms with Gasteiger partial charge in [-0.25, -0.2) is 9.18 Å². The lowest BCUT2D eigenvalue weighted by Gasteiger charge is -2.26. The number of carbonyl (C=O) groups excluding carboxylic acids is 1. The molecule has 27 heavy (non-hydrogen) atoms. The highest BCUT2D eigenvalue weighted by molar-refractivity contribution is 5.99. The molecule has 1 aliphatic heterocycles. The number of carbonyl (C=O) groups is 1. The van der Waals surface area contributed by atoms with E-state index >= 15 is 0 Å². The number of ether oxygens (including phenoxy) is 2. The largest absolute Gasteiger partial charge is 0.486 e. The molecule has 2 aromatic carbocycles. The minimum absolute atomic E-state index is 0.180. The van der Waals surface area contributed by atoms with E-state index in [9.17, 15) is 9.18 Å². The zero-order valence-corrected chi connectivity index (χ0v) is 14.3. The number of nitrogens with zero attached hydrogens (tertiary/aromatic N) is 2. The second-order valence-corrected chi connectivity index (χ2v) is 6.03. The van der Waals surface area contributed by atoms with E-state index in [-0.39, 0.29) is 11.9 Å². The number of urea groups is 1. The number of hydrogen-bond acceptors (Lipinski definition) is 4. The van der Waals surface area contributed by atoms with E-state index in [4.69, 9.17) is 9.47 Å². The van der Waals surface area contributed by atoms with Crippen molar-refractivity contribution in [3.05, 3.63) is 66.7 Å². The van der Waals surface area contributed by atoms with Gasteiger partial charge in [0.1, 0.15) is 12.4 Å². The predicted molar refractivity (Wildman–Crippen MR) is 97.6 cm³/mol. The fraction of sp³-hybridized carbons (Fsp3) is 0.158. The SMILES string of the molecule is O=C(Nc1ccc(F)cc1)Nc1cnn(CC2COc3ccccc3O2)c1. The van der Waals surface area contributed by atoms with Gasteiger partial charge in [-0.05, 0) is 36.4 Å². The fourth-order valence-electron chi connectivity index (χ4n) is 2.72. The van der Waals surface area contributed by atoms with Crippen LogP contribution < -0.4 is 20.1 Å². The standard InChI is InChI=1S/C19H17FN4O3/c20-13-5-7-14(8-6-13)22-19(25)23-15-9-21-24(10-15)11-16-12-26-17-3-1-2-4-18(17)27-16/h1-10,16H,11-12H2,(H2,22,23,25). The van der Waals surface area contributed by atoms with Gasteiger partial charge in [-0.15, -0.1) is 0 Å². The molecule has 0 bridgehead atoms. The summed E-state index contributed by atoms with van der Waals surface area (Å²) in [6, 6.07) is 12.6. The van der Waals surface area contributed by atoms with Gasteiger partial charge in [0.25, 0.3) is 0 Å². The van der Waals surface area contributed by atoms with Crippen molar-refractivity contribution in [2.45, 2.75) is 12.6 Å². The summed E-state index contributed by atoms with van der Waals surface area (Å²) in [4.78, 5) is 12.0. The molecule has 2 amide bonds. The van der Waals surface area contributed by atoms with Crippen molar-refractivity contribution in [3.8, 4) is 11.5 Å². The van der Waals surface area contributed by atoms with E-state index in [1.54, 1.807) is 17.1 Å². The van der Waals surface area contributed by atoms with E-state index in [1.807, 2.05) is 24.3 Å². The number of para-hydroxylation sites is 2. The first-order valence-electron chi connectivity index (χ1n) is 8.40. The number of hydrogen-bond donors (Lipinski definition) is 2. The van der Waals surface area contributed by atoms with Crippen LogP contribution in [0.25, 0.3) is 0 Å². The highest BCUT2D eigenvalue weighted by atomic mass is 19.1. The maximum atomic E-state index is 12.9. The Morgan fingerprint density at radius 3 is 2.67 bits per heavy atom. The predicted octanol–water partition coefficient (Wildman–Crippen LogP) is 3.51. The summed E-state index contributed by atoms with van der Waals surface area (Å²) >= 11 is 0. The lowest BCUT2D eigenvalue weighted by Crippen LogP contribution is -2.33. The van der Waals surface area contributed by atoms with Gasteiger partial charge in [-0.1, -0.05) is 12.1 Å². The zero-order valence-electron chi connectivity index (χ0n) is 14.3. The third kappa shape index (κ3) is 4.17. The third-order valence-electron chi connectivity index (χ3n) is 3.95. The van der Waals surface area contributed by atoms with Crippen molar-refractivity contribution in [1.82, 2.24) is 9.78 Å². The Morgan fingerprint density at radius 1 is 1.11 bits per heavy atom. The molecule has 0 radical (unpaired) electrons. The normalized spacial score (nSPS) is 15.2. The van der Waals surface area contributed by atoms with Gasteiger partial charge in [0, 0.05) is 11.9 Å². The Morgan fingerprint density at radius 2 is 1.85 bits per heavy atom. The molecule has 0 spiro atoms. The highest BCUT2D eigenvalue weighted by Crippen LogP contribution is 2.31. The molecule has 3 aromatic rings. The highest BCUT2D eigenvalue weighted by Gasteiger charge is 2.21. The molecule has 1 aliphatic rings. The van der Waals surface area contributed by atoms with Gasteiger partial charge in [0.2, 0.25) is 0 Å². The van der Waals surface area contributed by atoms with Crippen molar-refractivity contribution < 1.29 is 18.7 Å². The van der Waals surface area contributed by atoms with Crippen LogP contribution in [0.15, 0.2) is 60.9 Å². The van der Waals surface area contributed by atoms with E-state index < -0.39 is 6.03 Å². The third-order valence-corrected chi connectivity index (χ3v) is 3.95. The van der Waals surface area contributed by atoms with Gasteiger partial charge in [-0.2, -0.15) is 5.10 Å². The maximum absolute atomic E-state index is 12.9. The Hall–Kier alpha value is -3.55. The Labute approximate surface area is 154 Å². The van der Waals surface area contributed by atoms with Gasteiger partial charge in [0.05, 0.1) is 18.4 Å². The second kappa shape index (κ2) is 7.36. The lowest BCUT2D eigenvalue weighted by molar-refractivity contribution is 0.0759. The van der Waals surface area contributed by atoms with Gasteiger partial charge in [-0.3, -0.25) is 4.68 Å². The van der Waals surface area contributed by atoms with Crippen molar-refractivity contribution in [2.24, 2.45) is 0 Å². The molecule has 0 aliphatic carbocycles. The van der Waals surface area contributed by atoms with Gasteiger partial charge >= 0.3 is 6.03 Å². The molecule has 2 heterocycles.